The van der Waals surface area contributed by atoms with E-state index < -0.39 is 122 Å². The van der Waals surface area contributed by atoms with Crippen molar-refractivity contribution in [1.29, 1.82) is 0 Å². The molecule has 2 unspecified atom stereocenters. The number of halogens is 36. The Bertz CT molecular complexity index is 1300. The van der Waals surface area contributed by atoms with Gasteiger partial charge in [-0.1, -0.05) is 45.2 Å². The van der Waals surface area contributed by atoms with Crippen molar-refractivity contribution in [3.63, 3.8) is 0 Å². The summed E-state index contributed by atoms with van der Waals surface area (Å²) in [6, 6.07) is 0. The normalized spacial score (nSPS) is 17.9. The van der Waals surface area contributed by atoms with Crippen molar-refractivity contribution < 1.29 is 149 Å². The molecule has 0 amide bonds. The van der Waals surface area contributed by atoms with Crippen LogP contribution in [0.15, 0.2) is 0 Å². The molecule has 0 bridgehead atoms. The smallest absolute Gasteiger partial charge is 0.200 e. The molecule has 344 valence electrons. The van der Waals surface area contributed by atoms with Gasteiger partial charge in [-0.05, 0) is 6.42 Å². The Morgan fingerprint density at radius 3 is 0.526 bits per heavy atom. The second-order valence-electron chi connectivity index (χ2n) is 11.1. The SMILES string of the molecule is FC(F)(F)C(F)(F)C(F)(F)C(F)(F)C(F)(F)C(F)(F)C(F)(F)C(F)(F)CC(I)CC(I)CC(F)(F)C(F)(F)C(F)(F)C(F)(F)C(F)(F)C(F)(F)C(F)(F)C(F)(F)F. The zero-order valence-corrected chi connectivity index (χ0v) is 29.2. The minimum absolute atomic E-state index is 0.0648. The van der Waals surface area contributed by atoms with Crippen molar-refractivity contribution in [2.24, 2.45) is 0 Å². The summed E-state index contributed by atoms with van der Waals surface area (Å²) in [5.41, 5.74) is 0. The summed E-state index contributed by atoms with van der Waals surface area (Å²) in [7, 11) is 0. The summed E-state index contributed by atoms with van der Waals surface area (Å²) in [5, 5.41) is 0. The van der Waals surface area contributed by atoms with Crippen LogP contribution in [0.5, 0.6) is 0 Å². The number of hydrogen-bond donors (Lipinski definition) is 0. The Balaban J connectivity index is 6.66. The van der Waals surface area contributed by atoms with Crippen molar-refractivity contribution >= 4 is 45.2 Å². The summed E-state index contributed by atoms with van der Waals surface area (Å²) in [6.07, 6.45) is -25.4. The summed E-state index contributed by atoms with van der Waals surface area (Å²) >= 11 is 0.130. The molecule has 0 spiro atoms. The summed E-state index contributed by atoms with van der Waals surface area (Å²) in [4.78, 5) is 0. The lowest BCUT2D eigenvalue weighted by atomic mass is 9.87. The first-order valence-electron chi connectivity index (χ1n) is 12.7. The molecule has 0 aliphatic rings. The quantitative estimate of drug-likeness (QED) is 0.0729. The van der Waals surface area contributed by atoms with Crippen LogP contribution in [-0.2, 0) is 0 Å². The van der Waals surface area contributed by atoms with Crippen LogP contribution < -0.4 is 0 Å². The van der Waals surface area contributed by atoms with E-state index in [1.54, 1.807) is 0 Å². The van der Waals surface area contributed by atoms with E-state index in [0.717, 1.165) is 0 Å². The molecule has 0 aromatic carbocycles. The molecular formula is C21H8F34I2. The number of hydrogen-bond acceptors (Lipinski definition) is 0. The molecule has 0 aliphatic heterocycles. The summed E-state index contributed by atoms with van der Waals surface area (Å²) in [6.45, 7) is 0. The van der Waals surface area contributed by atoms with Gasteiger partial charge in [0.2, 0.25) is 0 Å². The van der Waals surface area contributed by atoms with Crippen LogP contribution in [0.25, 0.3) is 0 Å². The Morgan fingerprint density at radius 1 is 0.228 bits per heavy atom. The fraction of sp³-hybridized carbons (Fsp3) is 1.00. The summed E-state index contributed by atoms with van der Waals surface area (Å²) < 4.78 is 449. The van der Waals surface area contributed by atoms with Gasteiger partial charge in [0.05, 0.1) is 0 Å². The Hall–Kier alpha value is -0.920. The molecule has 0 saturated carbocycles. The van der Waals surface area contributed by atoms with Gasteiger partial charge in [-0.15, -0.1) is 0 Å². The standard InChI is InChI=1S/C21H8F34I2/c22-6(23,8(26,27)10(30,31)12(34,35)14(38,39)16(42,43)18(46,47)20(50,51)52)2-4(56)1-5(57)3-7(24,25)9(28,29)11(32,33)13(36,37)15(40,41)17(44,45)19(48,49)21(53,54)55/h4-5H,1-3H2. The minimum Gasteiger partial charge on any atom is -0.200 e. The van der Waals surface area contributed by atoms with Gasteiger partial charge in [0.15, 0.2) is 0 Å². The molecule has 0 nitrogen and oxygen atoms in total. The van der Waals surface area contributed by atoms with Crippen LogP contribution in [-0.4, -0.2) is 103 Å². The average Bonchev–Trinajstić information content (AvgIpc) is 2.93. The van der Waals surface area contributed by atoms with E-state index in [-0.39, 0.29) is 45.2 Å². The molecule has 0 saturated heterocycles. The van der Waals surface area contributed by atoms with Gasteiger partial charge < -0.3 is 0 Å². The Labute approximate surface area is 316 Å². The fourth-order valence-corrected chi connectivity index (χ4v) is 6.96. The number of alkyl halides is 36. The van der Waals surface area contributed by atoms with Gasteiger partial charge in [-0.25, -0.2) is 0 Å². The van der Waals surface area contributed by atoms with E-state index in [9.17, 15) is 149 Å². The fourth-order valence-electron chi connectivity index (χ4n) is 3.65. The van der Waals surface area contributed by atoms with E-state index in [1.807, 2.05) is 0 Å². The second-order valence-corrected chi connectivity index (χ2v) is 14.7. The third kappa shape index (κ3) is 8.02. The maximum Gasteiger partial charge on any atom is 0.460 e. The molecule has 2 atom stereocenters. The predicted molar refractivity (Wildman–Crippen MR) is 131 cm³/mol. The van der Waals surface area contributed by atoms with Crippen LogP contribution in [0, 0.1) is 0 Å². The molecule has 57 heavy (non-hydrogen) atoms. The van der Waals surface area contributed by atoms with Crippen LogP contribution >= 0.6 is 45.2 Å². The maximum absolute atomic E-state index is 14.2. The predicted octanol–water partition coefficient (Wildman–Crippen LogP) is 13.8. The second kappa shape index (κ2) is 14.9. The Morgan fingerprint density at radius 2 is 0.368 bits per heavy atom. The minimum atomic E-state index is -9.08. The van der Waals surface area contributed by atoms with E-state index in [2.05, 4.69) is 0 Å². The van der Waals surface area contributed by atoms with Crippen LogP contribution in [0.4, 0.5) is 149 Å². The van der Waals surface area contributed by atoms with Crippen molar-refractivity contribution in [2.75, 3.05) is 0 Å². The van der Waals surface area contributed by atoms with Crippen molar-refractivity contribution in [3.8, 4) is 0 Å². The monoisotopic (exact) mass is 1160 g/mol. The van der Waals surface area contributed by atoms with Gasteiger partial charge in [0.25, 0.3) is 0 Å². The lowest BCUT2D eigenvalue weighted by molar-refractivity contribution is -0.461. The van der Waals surface area contributed by atoms with E-state index in [4.69, 9.17) is 0 Å². The van der Waals surface area contributed by atoms with Gasteiger partial charge in [-0.3, -0.25) is 0 Å². The van der Waals surface area contributed by atoms with E-state index >= 15 is 0 Å². The van der Waals surface area contributed by atoms with E-state index in [0.29, 0.717) is 0 Å². The highest BCUT2D eigenvalue weighted by molar-refractivity contribution is 14.1. The third-order valence-corrected chi connectivity index (χ3v) is 8.94. The molecule has 0 heterocycles. The molecule has 0 aliphatic carbocycles. The molecule has 0 radical (unpaired) electrons. The maximum atomic E-state index is 14.2. The molecule has 0 rings (SSSR count). The Kier molecular flexibility index (Phi) is 14.6. The summed E-state index contributed by atoms with van der Waals surface area (Å²) in [5.74, 6) is -120. The zero-order chi connectivity index (χ0) is 47.3. The molecule has 0 aromatic heterocycles. The molecular weight excluding hydrogens is 1150 g/mol. The first kappa shape index (κ1) is 56.1. The van der Waals surface area contributed by atoms with Crippen molar-refractivity contribution in [3.05, 3.63) is 0 Å². The van der Waals surface area contributed by atoms with Crippen LogP contribution in [0.3, 0.4) is 0 Å². The molecule has 0 N–H and O–H groups in total. The van der Waals surface area contributed by atoms with E-state index in [1.165, 1.54) is 0 Å². The van der Waals surface area contributed by atoms with Gasteiger partial charge in [0, 0.05) is 20.7 Å². The molecule has 0 aromatic rings. The number of rotatable bonds is 18. The largest absolute Gasteiger partial charge is 0.460 e. The highest BCUT2D eigenvalue weighted by Crippen LogP contribution is 2.66. The van der Waals surface area contributed by atoms with Gasteiger partial charge >= 0.3 is 95.3 Å². The topological polar surface area (TPSA) is 0 Å². The van der Waals surface area contributed by atoms with Crippen molar-refractivity contribution in [2.45, 2.75) is 122 Å². The van der Waals surface area contributed by atoms with Gasteiger partial charge in [0.1, 0.15) is 0 Å². The first-order chi connectivity index (χ1) is 24.0. The van der Waals surface area contributed by atoms with Crippen LogP contribution in [0.1, 0.15) is 19.3 Å². The lowest BCUT2D eigenvalue weighted by Gasteiger charge is -2.43. The highest BCUT2D eigenvalue weighted by Gasteiger charge is 2.97. The average molecular weight is 1160 g/mol. The molecule has 36 heteroatoms. The van der Waals surface area contributed by atoms with Crippen molar-refractivity contribution in [1.82, 2.24) is 0 Å². The van der Waals surface area contributed by atoms with Gasteiger partial charge in [-0.2, -0.15) is 149 Å². The first-order valence-corrected chi connectivity index (χ1v) is 15.2. The third-order valence-electron chi connectivity index (χ3n) is 7.04. The molecule has 0 fully saturated rings. The zero-order valence-electron chi connectivity index (χ0n) is 24.9. The highest BCUT2D eigenvalue weighted by atomic mass is 127. The lowest BCUT2D eigenvalue weighted by Crippen LogP contribution is -2.74. The van der Waals surface area contributed by atoms with Crippen LogP contribution in [0.2, 0.25) is 0 Å².